The molecule has 1 aromatic carbocycles. The molecule has 0 aliphatic carbocycles. The summed E-state index contributed by atoms with van der Waals surface area (Å²) < 4.78 is 39.0. The van der Waals surface area contributed by atoms with E-state index in [0.717, 1.165) is 17.0 Å². The third-order valence-corrected chi connectivity index (χ3v) is 4.03. The van der Waals surface area contributed by atoms with Crippen LogP contribution in [-0.4, -0.2) is 23.3 Å². The van der Waals surface area contributed by atoms with Crippen LogP contribution in [0.1, 0.15) is 24.6 Å². The fourth-order valence-corrected chi connectivity index (χ4v) is 2.59. The molecule has 5 nitrogen and oxygen atoms in total. The summed E-state index contributed by atoms with van der Waals surface area (Å²) in [5.41, 5.74) is -0.342. The molecule has 2 rings (SSSR count). The minimum Gasteiger partial charge on any atom is -0.350 e. The number of nitrogens with one attached hydrogen (secondary N) is 1. The van der Waals surface area contributed by atoms with Gasteiger partial charge in [-0.25, -0.2) is 0 Å². The number of benzene rings is 1. The van der Waals surface area contributed by atoms with Crippen molar-refractivity contribution < 1.29 is 22.8 Å². The van der Waals surface area contributed by atoms with Gasteiger partial charge in [-0.3, -0.25) is 14.6 Å². The first-order valence-corrected chi connectivity index (χ1v) is 8.37. The molecule has 9 heteroatoms. The summed E-state index contributed by atoms with van der Waals surface area (Å²) in [5, 5.41) is 2.19. The molecule has 0 unspecified atom stereocenters. The molecule has 0 spiro atoms. The van der Waals surface area contributed by atoms with Crippen LogP contribution in [0, 0.1) is 0 Å². The molecule has 144 valence electrons. The number of alkyl halides is 3. The highest BCUT2D eigenvalue weighted by Gasteiger charge is 2.34. The van der Waals surface area contributed by atoms with Crippen molar-refractivity contribution in [3.8, 4) is 0 Å². The van der Waals surface area contributed by atoms with Crippen LogP contribution in [-0.2, 0) is 22.3 Å². The molecule has 0 fully saturated rings. The Balaban J connectivity index is 2.03. The van der Waals surface area contributed by atoms with Gasteiger partial charge < -0.3 is 10.2 Å². The van der Waals surface area contributed by atoms with Crippen LogP contribution in [0.25, 0.3) is 0 Å². The van der Waals surface area contributed by atoms with Crippen molar-refractivity contribution >= 4 is 29.1 Å². The van der Waals surface area contributed by atoms with E-state index in [0.29, 0.717) is 5.69 Å². The van der Waals surface area contributed by atoms with Crippen LogP contribution < -0.4 is 10.2 Å². The molecule has 1 heterocycles. The number of pyridine rings is 1. The number of hydrogen-bond donors (Lipinski definition) is 1. The molecule has 0 saturated heterocycles. The van der Waals surface area contributed by atoms with E-state index in [1.54, 1.807) is 24.4 Å². The number of anilines is 1. The number of nitrogens with zero attached hydrogens (tertiary/aromatic N) is 2. The van der Waals surface area contributed by atoms with Gasteiger partial charge in [-0.2, -0.15) is 13.2 Å². The Morgan fingerprint density at radius 1 is 1.22 bits per heavy atom. The van der Waals surface area contributed by atoms with Crippen LogP contribution in [0.4, 0.5) is 18.9 Å². The Morgan fingerprint density at radius 2 is 1.96 bits per heavy atom. The van der Waals surface area contributed by atoms with Crippen molar-refractivity contribution in [3.05, 3.63) is 58.9 Å². The summed E-state index contributed by atoms with van der Waals surface area (Å²) in [6.07, 6.45) is -3.12. The molecule has 0 atom stereocenters. The summed E-state index contributed by atoms with van der Waals surface area (Å²) in [6.45, 7) is 1.37. The Morgan fingerprint density at radius 3 is 2.56 bits per heavy atom. The first kappa shape index (κ1) is 20.7. The highest BCUT2D eigenvalue weighted by Crippen LogP contribution is 2.37. The fraction of sp³-hybridized carbons (Fsp3) is 0.278. The maximum Gasteiger partial charge on any atom is 0.417 e. The van der Waals surface area contributed by atoms with E-state index < -0.39 is 22.7 Å². The SMILES string of the molecule is CC(=O)N(CCC(=O)NCc1ccccn1)c1ccc(Cl)c(C(F)(F)F)c1. The molecule has 1 aromatic heterocycles. The summed E-state index contributed by atoms with van der Waals surface area (Å²) in [6, 6.07) is 8.47. The van der Waals surface area contributed by atoms with Crippen LogP contribution >= 0.6 is 11.6 Å². The summed E-state index contributed by atoms with van der Waals surface area (Å²) in [7, 11) is 0. The molecule has 0 saturated carbocycles. The van der Waals surface area contributed by atoms with Gasteiger partial charge in [0.05, 0.1) is 22.8 Å². The molecule has 0 bridgehead atoms. The molecule has 1 N–H and O–H groups in total. The summed E-state index contributed by atoms with van der Waals surface area (Å²) in [5.74, 6) is -0.833. The first-order chi connectivity index (χ1) is 12.7. The number of hydrogen-bond acceptors (Lipinski definition) is 3. The zero-order valence-electron chi connectivity index (χ0n) is 14.4. The minimum absolute atomic E-state index is 0.0248. The largest absolute Gasteiger partial charge is 0.417 e. The highest BCUT2D eigenvalue weighted by atomic mass is 35.5. The van der Waals surface area contributed by atoms with Gasteiger partial charge in [0.25, 0.3) is 0 Å². The molecular formula is C18H17ClF3N3O2. The van der Waals surface area contributed by atoms with Gasteiger partial charge in [-0.1, -0.05) is 17.7 Å². The van der Waals surface area contributed by atoms with Crippen molar-refractivity contribution in [3.63, 3.8) is 0 Å². The van der Waals surface area contributed by atoms with Gasteiger partial charge in [0.2, 0.25) is 11.8 Å². The predicted molar refractivity (Wildman–Crippen MR) is 95.2 cm³/mol. The van der Waals surface area contributed by atoms with Crippen LogP contribution in [0.15, 0.2) is 42.6 Å². The maximum atomic E-state index is 13.0. The Labute approximate surface area is 159 Å². The van der Waals surface area contributed by atoms with Gasteiger partial charge in [0.15, 0.2) is 0 Å². The number of carbonyl (C=O) groups is 2. The van der Waals surface area contributed by atoms with Gasteiger partial charge in [0, 0.05) is 31.8 Å². The Hall–Kier alpha value is -2.61. The molecular weight excluding hydrogens is 383 g/mol. The van der Waals surface area contributed by atoms with Crippen LogP contribution in [0.2, 0.25) is 5.02 Å². The van der Waals surface area contributed by atoms with E-state index in [-0.39, 0.29) is 31.1 Å². The minimum atomic E-state index is -4.64. The quantitative estimate of drug-likeness (QED) is 0.803. The number of amides is 2. The summed E-state index contributed by atoms with van der Waals surface area (Å²) >= 11 is 5.60. The van der Waals surface area contributed by atoms with Crippen molar-refractivity contribution in [1.82, 2.24) is 10.3 Å². The molecule has 0 aliphatic heterocycles. The van der Waals surface area contributed by atoms with Crippen molar-refractivity contribution in [2.75, 3.05) is 11.4 Å². The average molecular weight is 400 g/mol. The van der Waals surface area contributed by atoms with Gasteiger partial charge in [-0.15, -0.1) is 0 Å². The Kier molecular flexibility index (Phi) is 6.79. The zero-order valence-corrected chi connectivity index (χ0v) is 15.1. The predicted octanol–water partition coefficient (Wildman–Crippen LogP) is 3.81. The number of rotatable bonds is 6. The lowest BCUT2D eigenvalue weighted by Crippen LogP contribution is -2.34. The topological polar surface area (TPSA) is 62.3 Å². The van der Waals surface area contributed by atoms with E-state index in [2.05, 4.69) is 10.3 Å². The molecule has 0 radical (unpaired) electrons. The number of aromatic nitrogens is 1. The van der Waals surface area contributed by atoms with E-state index in [4.69, 9.17) is 11.6 Å². The number of halogens is 4. The normalized spacial score (nSPS) is 11.1. The average Bonchev–Trinajstić information content (AvgIpc) is 2.61. The van der Waals surface area contributed by atoms with Crippen LogP contribution in [0.3, 0.4) is 0 Å². The van der Waals surface area contributed by atoms with E-state index >= 15 is 0 Å². The fourth-order valence-electron chi connectivity index (χ4n) is 2.36. The Bertz CT molecular complexity index is 813. The highest BCUT2D eigenvalue weighted by molar-refractivity contribution is 6.31. The molecule has 27 heavy (non-hydrogen) atoms. The molecule has 0 aliphatic rings. The van der Waals surface area contributed by atoms with Gasteiger partial charge in [-0.05, 0) is 30.3 Å². The third-order valence-electron chi connectivity index (χ3n) is 3.70. The van der Waals surface area contributed by atoms with Crippen molar-refractivity contribution in [1.29, 1.82) is 0 Å². The second-order valence-corrected chi connectivity index (χ2v) is 6.09. The first-order valence-electron chi connectivity index (χ1n) is 8.00. The van der Waals surface area contributed by atoms with Crippen molar-refractivity contribution in [2.45, 2.75) is 26.1 Å². The van der Waals surface area contributed by atoms with E-state index in [1.165, 1.54) is 13.0 Å². The van der Waals surface area contributed by atoms with Crippen LogP contribution in [0.5, 0.6) is 0 Å². The monoisotopic (exact) mass is 399 g/mol. The van der Waals surface area contributed by atoms with Gasteiger partial charge in [0.1, 0.15) is 0 Å². The second-order valence-electron chi connectivity index (χ2n) is 5.68. The third kappa shape index (κ3) is 5.96. The lowest BCUT2D eigenvalue weighted by Gasteiger charge is -2.22. The zero-order chi connectivity index (χ0) is 20.0. The smallest absolute Gasteiger partial charge is 0.350 e. The van der Waals surface area contributed by atoms with Gasteiger partial charge >= 0.3 is 6.18 Å². The standard InChI is InChI=1S/C18H17ClF3N3O2/c1-12(26)25(14-5-6-16(19)15(10-14)18(20,21)22)9-7-17(27)24-11-13-4-2-3-8-23-13/h2-6,8,10H,7,9,11H2,1H3,(H,24,27). The lowest BCUT2D eigenvalue weighted by atomic mass is 10.1. The van der Waals surface area contributed by atoms with Crippen molar-refractivity contribution in [2.24, 2.45) is 0 Å². The van der Waals surface area contributed by atoms with E-state index in [9.17, 15) is 22.8 Å². The number of carbonyl (C=O) groups excluding carboxylic acids is 2. The summed E-state index contributed by atoms with van der Waals surface area (Å²) in [4.78, 5) is 29.0. The second kappa shape index (κ2) is 8.85. The molecule has 2 aromatic rings. The van der Waals surface area contributed by atoms with E-state index in [1.807, 2.05) is 0 Å². The maximum absolute atomic E-state index is 13.0. The molecule has 2 amide bonds. The lowest BCUT2D eigenvalue weighted by molar-refractivity contribution is -0.137.